The van der Waals surface area contributed by atoms with Crippen LogP contribution in [0.3, 0.4) is 0 Å². The lowest BCUT2D eigenvalue weighted by atomic mass is 10.1. The average Bonchev–Trinajstić information content (AvgIpc) is 3.28. The summed E-state index contributed by atoms with van der Waals surface area (Å²) >= 11 is 3.38. The number of sulfonamides is 1. The highest BCUT2D eigenvalue weighted by Crippen LogP contribution is 2.21. The molecule has 0 saturated heterocycles. The lowest BCUT2D eigenvalue weighted by Crippen LogP contribution is -2.52. The SMILES string of the molecule is CC(C(=O)NC1CCCC1)N(Cc1ccc(Br)cc1)C(=O)CN(c1cccc(F)c1)S(C)(=O)=O. The number of hydrogen-bond donors (Lipinski definition) is 1. The fourth-order valence-electron chi connectivity index (χ4n) is 4.01. The molecule has 7 nitrogen and oxygen atoms in total. The van der Waals surface area contributed by atoms with Crippen LogP contribution < -0.4 is 9.62 Å². The van der Waals surface area contributed by atoms with Crippen LogP contribution in [-0.4, -0.2) is 50.0 Å². The topological polar surface area (TPSA) is 86.8 Å². The van der Waals surface area contributed by atoms with Gasteiger partial charge in [0.2, 0.25) is 21.8 Å². The van der Waals surface area contributed by atoms with Crippen molar-refractivity contribution in [3.05, 3.63) is 64.4 Å². The van der Waals surface area contributed by atoms with Crippen molar-refractivity contribution in [3.63, 3.8) is 0 Å². The van der Waals surface area contributed by atoms with E-state index in [4.69, 9.17) is 0 Å². The summed E-state index contributed by atoms with van der Waals surface area (Å²) in [6.45, 7) is 1.19. The van der Waals surface area contributed by atoms with Crippen LogP contribution in [0.2, 0.25) is 0 Å². The van der Waals surface area contributed by atoms with Crippen molar-refractivity contribution in [2.45, 2.75) is 51.2 Å². The molecule has 0 spiro atoms. The molecule has 2 aromatic carbocycles. The smallest absolute Gasteiger partial charge is 0.244 e. The molecule has 1 aliphatic carbocycles. The van der Waals surface area contributed by atoms with Gasteiger partial charge in [-0.05, 0) is 55.7 Å². The minimum Gasteiger partial charge on any atom is -0.352 e. The largest absolute Gasteiger partial charge is 0.352 e. The third-order valence-electron chi connectivity index (χ3n) is 5.91. The van der Waals surface area contributed by atoms with Crippen LogP contribution in [0, 0.1) is 5.82 Å². The van der Waals surface area contributed by atoms with E-state index in [0.717, 1.165) is 52.3 Å². The molecule has 184 valence electrons. The van der Waals surface area contributed by atoms with Gasteiger partial charge in [-0.1, -0.05) is 47.0 Å². The highest BCUT2D eigenvalue weighted by molar-refractivity contribution is 9.10. The molecule has 1 N–H and O–H groups in total. The Kier molecular flexibility index (Phi) is 8.70. The van der Waals surface area contributed by atoms with Gasteiger partial charge in [0.1, 0.15) is 18.4 Å². The third kappa shape index (κ3) is 7.02. The normalized spacial score (nSPS) is 15.1. The van der Waals surface area contributed by atoms with E-state index in [2.05, 4.69) is 21.2 Å². The first-order valence-electron chi connectivity index (χ1n) is 11.1. The van der Waals surface area contributed by atoms with Crippen LogP contribution in [0.5, 0.6) is 0 Å². The van der Waals surface area contributed by atoms with E-state index in [1.54, 1.807) is 6.92 Å². The van der Waals surface area contributed by atoms with Gasteiger partial charge in [0.25, 0.3) is 0 Å². The molecule has 0 heterocycles. The first-order chi connectivity index (χ1) is 16.0. The molecule has 34 heavy (non-hydrogen) atoms. The summed E-state index contributed by atoms with van der Waals surface area (Å²) in [5.41, 5.74) is 0.830. The van der Waals surface area contributed by atoms with Gasteiger partial charge in [-0.3, -0.25) is 13.9 Å². The first kappa shape index (κ1) is 26.2. The molecule has 1 unspecified atom stereocenters. The monoisotopic (exact) mass is 553 g/mol. The second kappa shape index (κ2) is 11.3. The Morgan fingerprint density at radius 2 is 1.79 bits per heavy atom. The van der Waals surface area contributed by atoms with Crippen LogP contribution in [-0.2, 0) is 26.2 Å². The van der Waals surface area contributed by atoms with Crippen molar-refractivity contribution in [2.75, 3.05) is 17.1 Å². The fourth-order valence-corrected chi connectivity index (χ4v) is 5.11. The molecule has 1 aliphatic rings. The zero-order valence-electron chi connectivity index (χ0n) is 19.2. The summed E-state index contributed by atoms with van der Waals surface area (Å²) in [4.78, 5) is 27.8. The number of nitrogens with one attached hydrogen (secondary N) is 1. The maximum atomic E-state index is 13.8. The number of carbonyl (C=O) groups is 2. The number of carbonyl (C=O) groups excluding carboxylic acids is 2. The van der Waals surface area contributed by atoms with Gasteiger partial charge in [-0.25, -0.2) is 12.8 Å². The molecule has 0 radical (unpaired) electrons. The quantitative estimate of drug-likeness (QED) is 0.511. The summed E-state index contributed by atoms with van der Waals surface area (Å²) in [5.74, 6) is -1.46. The number of halogens is 2. The zero-order chi connectivity index (χ0) is 24.9. The highest BCUT2D eigenvalue weighted by Gasteiger charge is 2.31. The van der Waals surface area contributed by atoms with Crippen molar-refractivity contribution in [1.82, 2.24) is 10.2 Å². The van der Waals surface area contributed by atoms with E-state index in [1.807, 2.05) is 24.3 Å². The van der Waals surface area contributed by atoms with Crippen molar-refractivity contribution in [3.8, 4) is 0 Å². The van der Waals surface area contributed by atoms with E-state index in [0.29, 0.717) is 0 Å². The number of amides is 2. The van der Waals surface area contributed by atoms with Gasteiger partial charge in [0.15, 0.2) is 0 Å². The summed E-state index contributed by atoms with van der Waals surface area (Å²) in [7, 11) is -3.89. The molecule has 0 aromatic heterocycles. The minimum absolute atomic E-state index is 0.0440. The third-order valence-corrected chi connectivity index (χ3v) is 7.58. The summed E-state index contributed by atoms with van der Waals surface area (Å²) in [6.07, 6.45) is 4.87. The van der Waals surface area contributed by atoms with Gasteiger partial charge in [-0.2, -0.15) is 0 Å². The van der Waals surface area contributed by atoms with Crippen LogP contribution in [0.1, 0.15) is 38.2 Å². The summed E-state index contributed by atoms with van der Waals surface area (Å²) in [5, 5.41) is 3.01. The Labute approximate surface area is 208 Å². The molecular weight excluding hydrogens is 525 g/mol. The lowest BCUT2D eigenvalue weighted by Gasteiger charge is -2.32. The molecule has 1 atom stereocenters. The molecular formula is C24H29BrFN3O4S. The number of hydrogen-bond acceptors (Lipinski definition) is 4. The fraction of sp³-hybridized carbons (Fsp3) is 0.417. The maximum absolute atomic E-state index is 13.8. The molecule has 2 amide bonds. The summed E-state index contributed by atoms with van der Waals surface area (Å²) < 4.78 is 40.5. The second-order valence-corrected chi connectivity index (χ2v) is 11.4. The van der Waals surface area contributed by atoms with Crippen molar-refractivity contribution in [1.29, 1.82) is 0 Å². The van der Waals surface area contributed by atoms with Gasteiger partial charge in [0.05, 0.1) is 11.9 Å². The number of benzene rings is 2. The van der Waals surface area contributed by atoms with Gasteiger partial charge in [0, 0.05) is 17.1 Å². The van der Waals surface area contributed by atoms with E-state index in [1.165, 1.54) is 23.1 Å². The molecule has 3 rings (SSSR count). The Morgan fingerprint density at radius 1 is 1.15 bits per heavy atom. The standard InChI is InChI=1S/C24H29BrFN3O4S/c1-17(24(31)27-21-7-3-4-8-21)28(15-18-10-12-19(25)13-11-18)23(30)16-29(34(2,32)33)22-9-5-6-20(26)14-22/h5-6,9-14,17,21H,3-4,7-8,15-16H2,1-2H3,(H,27,31). The molecule has 1 fully saturated rings. The average molecular weight is 554 g/mol. The second-order valence-electron chi connectivity index (χ2n) is 8.56. The number of rotatable bonds is 9. The molecule has 0 aliphatic heterocycles. The van der Waals surface area contributed by atoms with Crippen LogP contribution in [0.4, 0.5) is 10.1 Å². The van der Waals surface area contributed by atoms with E-state index >= 15 is 0 Å². The Bertz CT molecular complexity index is 1120. The molecule has 1 saturated carbocycles. The number of anilines is 1. The highest BCUT2D eigenvalue weighted by atomic mass is 79.9. The predicted molar refractivity (Wildman–Crippen MR) is 133 cm³/mol. The minimum atomic E-state index is -3.89. The van der Waals surface area contributed by atoms with Crippen LogP contribution >= 0.6 is 15.9 Å². The Hall–Kier alpha value is -2.46. The Morgan fingerprint density at radius 3 is 2.38 bits per heavy atom. The van der Waals surface area contributed by atoms with Gasteiger partial charge >= 0.3 is 0 Å². The van der Waals surface area contributed by atoms with E-state index in [-0.39, 0.29) is 24.2 Å². The van der Waals surface area contributed by atoms with E-state index in [9.17, 15) is 22.4 Å². The lowest BCUT2D eigenvalue weighted by molar-refractivity contribution is -0.139. The molecule has 0 bridgehead atoms. The Balaban J connectivity index is 1.87. The van der Waals surface area contributed by atoms with Crippen LogP contribution in [0.25, 0.3) is 0 Å². The summed E-state index contributed by atoms with van der Waals surface area (Å²) in [6, 6.07) is 11.6. The van der Waals surface area contributed by atoms with Gasteiger partial charge in [-0.15, -0.1) is 0 Å². The van der Waals surface area contributed by atoms with Crippen molar-refractivity contribution < 1.29 is 22.4 Å². The van der Waals surface area contributed by atoms with E-state index < -0.39 is 34.3 Å². The zero-order valence-corrected chi connectivity index (χ0v) is 21.6. The molecule has 10 heteroatoms. The maximum Gasteiger partial charge on any atom is 0.244 e. The van der Waals surface area contributed by atoms with Crippen molar-refractivity contribution >= 4 is 43.5 Å². The van der Waals surface area contributed by atoms with Gasteiger partial charge < -0.3 is 10.2 Å². The van der Waals surface area contributed by atoms with Crippen molar-refractivity contribution in [2.24, 2.45) is 0 Å². The first-order valence-corrected chi connectivity index (χ1v) is 13.8. The molecule has 2 aromatic rings. The number of nitrogens with zero attached hydrogens (tertiary/aromatic N) is 2. The predicted octanol–water partition coefficient (Wildman–Crippen LogP) is 3.83. The van der Waals surface area contributed by atoms with Crippen LogP contribution in [0.15, 0.2) is 53.0 Å².